The van der Waals surface area contributed by atoms with E-state index in [1.807, 2.05) is 0 Å². The van der Waals surface area contributed by atoms with Gasteiger partial charge in [-0.25, -0.2) is 4.79 Å². The maximum absolute atomic E-state index is 12.0. The summed E-state index contributed by atoms with van der Waals surface area (Å²) in [6.07, 6.45) is -3.45. The van der Waals surface area contributed by atoms with E-state index in [0.29, 0.717) is 12.1 Å². The molecule has 0 bridgehead atoms. The summed E-state index contributed by atoms with van der Waals surface area (Å²) >= 11 is 0. The third-order valence-electron chi connectivity index (χ3n) is 1.78. The van der Waals surface area contributed by atoms with Crippen LogP contribution in [0.2, 0.25) is 0 Å². The van der Waals surface area contributed by atoms with Crippen molar-refractivity contribution in [3.05, 3.63) is 40.0 Å². The number of nitrogens with zero attached hydrogens (tertiary/aromatic N) is 1. The number of hydrogen-bond donors (Lipinski definition) is 1. The van der Waals surface area contributed by atoms with E-state index in [9.17, 15) is 28.1 Å². The molecule has 1 aromatic carbocycles. The number of aliphatic carboxylic acids is 1. The first kappa shape index (κ1) is 14.5. The number of carboxylic acid groups (broad SMARTS) is 1. The minimum absolute atomic E-state index is 0.101. The number of non-ortho nitro benzene ring substituents is 1. The van der Waals surface area contributed by atoms with Crippen LogP contribution in [-0.2, 0) is 4.79 Å². The van der Waals surface area contributed by atoms with E-state index in [4.69, 9.17) is 5.11 Å². The number of rotatable bonds is 4. The van der Waals surface area contributed by atoms with E-state index in [0.717, 1.165) is 18.2 Å². The molecule has 102 valence electrons. The molecule has 0 unspecified atom stereocenters. The zero-order valence-corrected chi connectivity index (χ0v) is 9.05. The lowest BCUT2D eigenvalue weighted by Gasteiger charge is -2.09. The van der Waals surface area contributed by atoms with Crippen molar-refractivity contribution in [1.82, 2.24) is 0 Å². The Hall–Kier alpha value is -2.58. The highest BCUT2D eigenvalue weighted by atomic mass is 19.4. The first-order valence-electron chi connectivity index (χ1n) is 4.63. The summed E-state index contributed by atoms with van der Waals surface area (Å²) in [6.45, 7) is 0. The van der Waals surface area contributed by atoms with Gasteiger partial charge in [-0.1, -0.05) is 0 Å². The molecule has 0 heterocycles. The fourth-order valence-corrected chi connectivity index (χ4v) is 1.17. The van der Waals surface area contributed by atoms with Gasteiger partial charge in [0.1, 0.15) is 5.75 Å². The van der Waals surface area contributed by atoms with Gasteiger partial charge in [0.25, 0.3) is 5.69 Å². The molecule has 0 aliphatic rings. The minimum Gasteiger partial charge on any atom is -0.478 e. The summed E-state index contributed by atoms with van der Waals surface area (Å²) in [5.74, 6) is -2.14. The molecule has 1 N–H and O–H groups in total. The molecule has 0 aromatic heterocycles. The molecule has 1 rings (SSSR count). The SMILES string of the molecule is O=C(O)/C=C/c1cc(OC(F)(F)F)cc([N+](=O)[O-])c1. The summed E-state index contributed by atoms with van der Waals surface area (Å²) in [4.78, 5) is 19.9. The van der Waals surface area contributed by atoms with E-state index >= 15 is 0 Å². The molecule has 9 heteroatoms. The fourth-order valence-electron chi connectivity index (χ4n) is 1.17. The van der Waals surface area contributed by atoms with Gasteiger partial charge in [0.05, 0.1) is 11.0 Å². The predicted molar refractivity (Wildman–Crippen MR) is 56.4 cm³/mol. The first-order chi connectivity index (χ1) is 8.67. The quantitative estimate of drug-likeness (QED) is 0.519. The largest absolute Gasteiger partial charge is 0.573 e. The van der Waals surface area contributed by atoms with Crippen LogP contribution in [0, 0.1) is 10.1 Å². The number of ether oxygens (including phenoxy) is 1. The number of hydrogen-bond acceptors (Lipinski definition) is 4. The van der Waals surface area contributed by atoms with Gasteiger partial charge >= 0.3 is 12.3 Å². The molecule has 0 saturated carbocycles. The molecule has 0 aliphatic carbocycles. The summed E-state index contributed by atoms with van der Waals surface area (Å²) in [5, 5.41) is 18.9. The topological polar surface area (TPSA) is 89.7 Å². The van der Waals surface area contributed by atoms with Crippen molar-refractivity contribution in [2.24, 2.45) is 0 Å². The van der Waals surface area contributed by atoms with E-state index in [1.54, 1.807) is 0 Å². The van der Waals surface area contributed by atoms with Gasteiger partial charge in [-0.15, -0.1) is 13.2 Å². The normalized spacial score (nSPS) is 11.5. The zero-order valence-electron chi connectivity index (χ0n) is 9.05. The average molecular weight is 277 g/mol. The van der Waals surface area contributed by atoms with Crippen molar-refractivity contribution in [2.45, 2.75) is 6.36 Å². The number of halogens is 3. The molecular weight excluding hydrogens is 271 g/mol. The molecule has 0 atom stereocenters. The number of benzene rings is 1. The van der Waals surface area contributed by atoms with Crippen molar-refractivity contribution < 1.29 is 32.7 Å². The fraction of sp³-hybridized carbons (Fsp3) is 0.100. The van der Waals surface area contributed by atoms with Gasteiger partial charge < -0.3 is 9.84 Å². The molecule has 1 aromatic rings. The van der Waals surface area contributed by atoms with Gasteiger partial charge in [-0.3, -0.25) is 10.1 Å². The second-order valence-corrected chi connectivity index (χ2v) is 3.24. The Bertz CT molecular complexity index is 538. The van der Waals surface area contributed by atoms with Crippen LogP contribution in [-0.4, -0.2) is 22.4 Å². The number of carboxylic acids is 1. The van der Waals surface area contributed by atoms with Gasteiger partial charge in [0.2, 0.25) is 0 Å². The van der Waals surface area contributed by atoms with Gasteiger partial charge in [-0.05, 0) is 17.7 Å². The highest BCUT2D eigenvalue weighted by Gasteiger charge is 2.31. The minimum atomic E-state index is -5.00. The summed E-state index contributed by atoms with van der Waals surface area (Å²) in [6, 6.07) is 2.34. The standard InChI is InChI=1S/C10H6F3NO5/c11-10(12,13)19-8-4-6(1-2-9(15)16)3-7(5-8)14(17)18/h1-5H,(H,15,16)/b2-1+. The average Bonchev–Trinajstić information content (AvgIpc) is 2.23. The Morgan fingerprint density at radius 3 is 2.47 bits per heavy atom. The van der Waals surface area contributed by atoms with Crippen molar-refractivity contribution in [3.63, 3.8) is 0 Å². The number of carbonyl (C=O) groups is 1. The third-order valence-corrected chi connectivity index (χ3v) is 1.78. The highest BCUT2D eigenvalue weighted by molar-refractivity contribution is 5.85. The molecule has 0 spiro atoms. The molecule has 19 heavy (non-hydrogen) atoms. The third kappa shape index (κ3) is 5.06. The Labute approximate surface area is 103 Å². The molecule has 0 saturated heterocycles. The monoisotopic (exact) mass is 277 g/mol. The smallest absolute Gasteiger partial charge is 0.478 e. The number of alkyl halides is 3. The van der Waals surface area contributed by atoms with Crippen LogP contribution in [0.25, 0.3) is 6.08 Å². The Morgan fingerprint density at radius 2 is 2.00 bits per heavy atom. The van der Waals surface area contributed by atoms with E-state index in [2.05, 4.69) is 4.74 Å². The maximum atomic E-state index is 12.0. The first-order valence-corrected chi connectivity index (χ1v) is 4.63. The Morgan fingerprint density at radius 1 is 1.37 bits per heavy atom. The van der Waals surface area contributed by atoms with Crippen molar-refractivity contribution in [2.75, 3.05) is 0 Å². The second kappa shape index (κ2) is 5.38. The highest BCUT2D eigenvalue weighted by Crippen LogP contribution is 2.28. The van der Waals surface area contributed by atoms with E-state index in [-0.39, 0.29) is 5.56 Å². The van der Waals surface area contributed by atoms with Crippen LogP contribution in [0.1, 0.15) is 5.56 Å². The lowest BCUT2D eigenvalue weighted by Crippen LogP contribution is -2.17. The van der Waals surface area contributed by atoms with Crippen LogP contribution in [0.5, 0.6) is 5.75 Å². The lowest BCUT2D eigenvalue weighted by molar-refractivity contribution is -0.385. The molecule has 0 fully saturated rings. The van der Waals surface area contributed by atoms with Crippen molar-refractivity contribution in [1.29, 1.82) is 0 Å². The van der Waals surface area contributed by atoms with Crippen molar-refractivity contribution in [3.8, 4) is 5.75 Å². The van der Waals surface area contributed by atoms with Crippen LogP contribution < -0.4 is 4.74 Å². The van der Waals surface area contributed by atoms with E-state index in [1.165, 1.54) is 0 Å². The zero-order chi connectivity index (χ0) is 14.6. The van der Waals surface area contributed by atoms with Crippen LogP contribution in [0.15, 0.2) is 24.3 Å². The summed E-state index contributed by atoms with van der Waals surface area (Å²) in [7, 11) is 0. The number of nitro groups is 1. The van der Waals surface area contributed by atoms with Crippen LogP contribution in [0.3, 0.4) is 0 Å². The van der Waals surface area contributed by atoms with Gasteiger partial charge in [-0.2, -0.15) is 0 Å². The van der Waals surface area contributed by atoms with Gasteiger partial charge in [0, 0.05) is 12.1 Å². The lowest BCUT2D eigenvalue weighted by atomic mass is 10.1. The molecule has 6 nitrogen and oxygen atoms in total. The summed E-state index contributed by atoms with van der Waals surface area (Å²) in [5.41, 5.74) is -0.748. The molecule has 0 aliphatic heterocycles. The molecular formula is C10H6F3NO5. The maximum Gasteiger partial charge on any atom is 0.573 e. The number of nitro benzene ring substituents is 1. The Balaban J connectivity index is 3.18. The summed E-state index contributed by atoms with van der Waals surface area (Å²) < 4.78 is 39.6. The van der Waals surface area contributed by atoms with E-state index < -0.39 is 28.7 Å². The predicted octanol–water partition coefficient (Wildman–Crippen LogP) is 2.59. The van der Waals surface area contributed by atoms with Crippen LogP contribution in [0.4, 0.5) is 18.9 Å². The van der Waals surface area contributed by atoms with Crippen LogP contribution >= 0.6 is 0 Å². The molecule has 0 radical (unpaired) electrons. The molecule has 0 amide bonds. The Kier molecular flexibility index (Phi) is 4.10. The van der Waals surface area contributed by atoms with Crippen molar-refractivity contribution >= 4 is 17.7 Å². The second-order valence-electron chi connectivity index (χ2n) is 3.24. The van der Waals surface area contributed by atoms with Gasteiger partial charge in [0.15, 0.2) is 0 Å².